The van der Waals surface area contributed by atoms with E-state index in [1.165, 1.54) is 17.0 Å². The highest BCUT2D eigenvalue weighted by atomic mass is 15.2. The third-order valence-electron chi connectivity index (χ3n) is 4.60. The Morgan fingerprint density at radius 2 is 1.95 bits per heavy atom. The summed E-state index contributed by atoms with van der Waals surface area (Å²) in [6, 6.07) is 4.41. The molecule has 1 aromatic rings. The molecule has 1 spiro atoms. The van der Waals surface area contributed by atoms with Crippen LogP contribution >= 0.6 is 0 Å². The summed E-state index contributed by atoms with van der Waals surface area (Å²) in [5.41, 5.74) is 3.93. The van der Waals surface area contributed by atoms with Gasteiger partial charge < -0.3 is 14.8 Å². The fourth-order valence-corrected chi connectivity index (χ4v) is 3.47. The number of fused-ring (bicyclic) bond motifs is 2. The third kappa shape index (κ3) is 2.84. The van der Waals surface area contributed by atoms with E-state index in [2.05, 4.69) is 78.4 Å². The largest absolute Gasteiger partial charge is 0.378 e. The number of piperidine rings is 1. The summed E-state index contributed by atoms with van der Waals surface area (Å²) >= 11 is 0. The number of rotatable bonds is 0. The second-order valence-corrected chi connectivity index (χ2v) is 6.39. The van der Waals surface area contributed by atoms with Crippen molar-refractivity contribution in [3.63, 3.8) is 0 Å². The zero-order valence-corrected chi connectivity index (χ0v) is 13.3. The van der Waals surface area contributed by atoms with Gasteiger partial charge in [0.1, 0.15) is 0 Å². The SMILES string of the molecule is CC1=C/C=C/n2cccc2C2(CCN(C)CC2)N\C(C)=C\1. The molecule has 1 aromatic heterocycles. The average molecular weight is 283 g/mol. The Morgan fingerprint density at radius 1 is 1.19 bits per heavy atom. The van der Waals surface area contributed by atoms with Gasteiger partial charge in [0.2, 0.25) is 0 Å². The molecule has 1 saturated heterocycles. The first kappa shape index (κ1) is 14.2. The predicted molar refractivity (Wildman–Crippen MR) is 88.8 cm³/mol. The molecule has 1 N–H and O–H groups in total. The van der Waals surface area contributed by atoms with E-state index in [0.29, 0.717) is 0 Å². The lowest BCUT2D eigenvalue weighted by Gasteiger charge is -2.42. The van der Waals surface area contributed by atoms with Gasteiger partial charge in [-0.3, -0.25) is 0 Å². The molecule has 3 heterocycles. The Balaban J connectivity index is 2.07. The first-order chi connectivity index (χ1) is 10.1. The van der Waals surface area contributed by atoms with Crippen LogP contribution in [-0.2, 0) is 5.54 Å². The summed E-state index contributed by atoms with van der Waals surface area (Å²) in [7, 11) is 2.21. The molecule has 3 heteroatoms. The Bertz CT molecular complexity index is 596. The standard InChI is InChI=1S/C18H25N3/c1-15-6-4-10-21-11-5-7-17(21)18(19-16(2)14-15)8-12-20(3)13-9-18/h4-7,10-11,14,19H,8-9,12-13H2,1-3H3/b10-4+,15-6-,16-14+. The maximum Gasteiger partial charge on any atom is 0.0800 e. The average Bonchev–Trinajstić information content (AvgIpc) is 2.90. The van der Waals surface area contributed by atoms with E-state index in [-0.39, 0.29) is 5.54 Å². The fourth-order valence-electron chi connectivity index (χ4n) is 3.47. The zero-order chi connectivity index (χ0) is 14.9. The van der Waals surface area contributed by atoms with Crippen LogP contribution < -0.4 is 5.32 Å². The minimum absolute atomic E-state index is 0.0402. The van der Waals surface area contributed by atoms with Crippen LogP contribution in [0.4, 0.5) is 0 Å². The lowest BCUT2D eigenvalue weighted by Crippen LogP contribution is -2.50. The molecule has 0 amide bonds. The van der Waals surface area contributed by atoms with Gasteiger partial charge in [-0.05, 0) is 63.6 Å². The molecule has 0 atom stereocenters. The van der Waals surface area contributed by atoms with Gasteiger partial charge in [0, 0.05) is 36.9 Å². The molecular weight excluding hydrogens is 258 g/mol. The lowest BCUT2D eigenvalue weighted by atomic mass is 9.83. The van der Waals surface area contributed by atoms with Crippen LogP contribution in [0.15, 0.2) is 47.8 Å². The van der Waals surface area contributed by atoms with Gasteiger partial charge in [-0.25, -0.2) is 0 Å². The highest BCUT2D eigenvalue weighted by Gasteiger charge is 2.37. The quantitative estimate of drug-likeness (QED) is 0.788. The lowest BCUT2D eigenvalue weighted by molar-refractivity contribution is 0.161. The van der Waals surface area contributed by atoms with Crippen LogP contribution in [0.25, 0.3) is 6.20 Å². The Kier molecular flexibility index (Phi) is 3.77. The van der Waals surface area contributed by atoms with Crippen molar-refractivity contribution in [1.29, 1.82) is 0 Å². The van der Waals surface area contributed by atoms with E-state index in [4.69, 9.17) is 0 Å². The van der Waals surface area contributed by atoms with Crippen molar-refractivity contribution < 1.29 is 0 Å². The molecule has 0 radical (unpaired) electrons. The number of likely N-dealkylation sites (tertiary alicyclic amines) is 1. The van der Waals surface area contributed by atoms with Crippen LogP contribution in [0.2, 0.25) is 0 Å². The molecule has 2 aliphatic heterocycles. The van der Waals surface area contributed by atoms with Gasteiger partial charge in [-0.15, -0.1) is 0 Å². The first-order valence-corrected chi connectivity index (χ1v) is 7.76. The van der Waals surface area contributed by atoms with E-state index < -0.39 is 0 Å². The summed E-state index contributed by atoms with van der Waals surface area (Å²) in [4.78, 5) is 2.42. The molecule has 21 heavy (non-hydrogen) atoms. The molecule has 112 valence electrons. The van der Waals surface area contributed by atoms with Crippen molar-refractivity contribution in [2.75, 3.05) is 20.1 Å². The normalized spacial score (nSPS) is 28.7. The van der Waals surface area contributed by atoms with E-state index in [1.54, 1.807) is 0 Å². The van der Waals surface area contributed by atoms with Crippen LogP contribution in [0.5, 0.6) is 0 Å². The molecular formula is C18H25N3. The number of hydrogen-bond donors (Lipinski definition) is 1. The Morgan fingerprint density at radius 3 is 2.71 bits per heavy atom. The number of nitrogens with one attached hydrogen (secondary N) is 1. The molecule has 1 fully saturated rings. The summed E-state index contributed by atoms with van der Waals surface area (Å²) in [6.45, 7) is 6.58. The third-order valence-corrected chi connectivity index (χ3v) is 4.60. The van der Waals surface area contributed by atoms with Crippen molar-refractivity contribution in [3.8, 4) is 0 Å². The summed E-state index contributed by atoms with van der Waals surface area (Å²) < 4.78 is 2.26. The second-order valence-electron chi connectivity index (χ2n) is 6.39. The number of aromatic nitrogens is 1. The minimum Gasteiger partial charge on any atom is -0.378 e. The summed E-state index contributed by atoms with van der Waals surface area (Å²) in [6.07, 6.45) is 13.1. The zero-order valence-electron chi connectivity index (χ0n) is 13.3. The van der Waals surface area contributed by atoms with Gasteiger partial charge in [0.25, 0.3) is 0 Å². The second kappa shape index (κ2) is 5.57. The molecule has 0 aliphatic carbocycles. The maximum atomic E-state index is 3.83. The van der Waals surface area contributed by atoms with Crippen molar-refractivity contribution in [2.45, 2.75) is 32.2 Å². The van der Waals surface area contributed by atoms with Crippen molar-refractivity contribution in [3.05, 3.63) is 53.5 Å². The fraction of sp³-hybridized carbons (Fsp3) is 0.444. The molecule has 0 saturated carbocycles. The molecule has 3 nitrogen and oxygen atoms in total. The topological polar surface area (TPSA) is 20.2 Å². The smallest absolute Gasteiger partial charge is 0.0800 e. The molecule has 0 unspecified atom stereocenters. The van der Waals surface area contributed by atoms with Crippen LogP contribution in [0.3, 0.4) is 0 Å². The Labute approximate surface area is 127 Å². The maximum absolute atomic E-state index is 3.83. The van der Waals surface area contributed by atoms with Crippen molar-refractivity contribution in [1.82, 2.24) is 14.8 Å². The van der Waals surface area contributed by atoms with E-state index in [0.717, 1.165) is 25.9 Å². The van der Waals surface area contributed by atoms with Gasteiger partial charge >= 0.3 is 0 Å². The molecule has 0 aromatic carbocycles. The minimum atomic E-state index is 0.0402. The van der Waals surface area contributed by atoms with E-state index >= 15 is 0 Å². The predicted octanol–water partition coefficient (Wildman–Crippen LogP) is 3.33. The van der Waals surface area contributed by atoms with Crippen LogP contribution in [0, 0.1) is 0 Å². The van der Waals surface area contributed by atoms with Crippen LogP contribution in [-0.4, -0.2) is 29.6 Å². The highest BCUT2D eigenvalue weighted by molar-refractivity contribution is 5.39. The first-order valence-electron chi connectivity index (χ1n) is 7.76. The van der Waals surface area contributed by atoms with Crippen LogP contribution in [0.1, 0.15) is 32.4 Å². The van der Waals surface area contributed by atoms with Gasteiger partial charge in [0.05, 0.1) is 5.54 Å². The number of hydrogen-bond acceptors (Lipinski definition) is 2. The molecule has 3 rings (SSSR count). The Hall–Kier alpha value is -1.74. The molecule has 2 aliphatic rings. The van der Waals surface area contributed by atoms with E-state index in [1.807, 2.05) is 0 Å². The van der Waals surface area contributed by atoms with Crippen molar-refractivity contribution >= 4 is 6.20 Å². The highest BCUT2D eigenvalue weighted by Crippen LogP contribution is 2.34. The monoisotopic (exact) mass is 283 g/mol. The number of nitrogens with zero attached hydrogens (tertiary/aromatic N) is 2. The van der Waals surface area contributed by atoms with Gasteiger partial charge in [-0.1, -0.05) is 6.08 Å². The summed E-state index contributed by atoms with van der Waals surface area (Å²) in [5.74, 6) is 0. The van der Waals surface area contributed by atoms with Crippen molar-refractivity contribution in [2.24, 2.45) is 0 Å². The van der Waals surface area contributed by atoms with Gasteiger partial charge in [0.15, 0.2) is 0 Å². The molecule has 0 bridgehead atoms. The summed E-state index contributed by atoms with van der Waals surface area (Å²) in [5, 5.41) is 3.83. The van der Waals surface area contributed by atoms with Gasteiger partial charge in [-0.2, -0.15) is 0 Å². The van der Waals surface area contributed by atoms with E-state index in [9.17, 15) is 0 Å². The number of allylic oxidation sites excluding steroid dienone is 5.